The molecular formula is C20H15BrF3N3O3. The fourth-order valence-electron chi connectivity index (χ4n) is 3.30. The van der Waals surface area contributed by atoms with Crippen LogP contribution in [-0.2, 0) is 11.3 Å². The van der Waals surface area contributed by atoms with Gasteiger partial charge in [-0.1, -0.05) is 45.4 Å². The summed E-state index contributed by atoms with van der Waals surface area (Å²) in [7, 11) is 0. The molecule has 2 heterocycles. The molecule has 6 nitrogen and oxygen atoms in total. The lowest BCUT2D eigenvalue weighted by Crippen LogP contribution is -2.27. The molecule has 1 fully saturated rings. The fourth-order valence-corrected chi connectivity index (χ4v) is 3.70. The number of benzene rings is 2. The first-order chi connectivity index (χ1) is 14.3. The normalized spacial score (nSPS) is 16.9. The standard InChI is InChI=1S/C20H15BrF3N3O3/c21-14-3-1-2-13(10-14)18-25-19(30-26-18)16-8-9-17(28)27(16)11-12-4-6-15(7-5-12)29-20(22,23)24/h1-7,10,16H,8-9,11H2. The number of alkyl halides is 3. The van der Waals surface area contributed by atoms with Crippen LogP contribution in [0.4, 0.5) is 13.2 Å². The third-order valence-corrected chi connectivity index (χ3v) is 5.14. The topological polar surface area (TPSA) is 68.5 Å². The number of aromatic nitrogens is 2. The van der Waals surface area contributed by atoms with Gasteiger partial charge in [-0.25, -0.2) is 0 Å². The third kappa shape index (κ3) is 4.64. The Morgan fingerprint density at radius 2 is 1.97 bits per heavy atom. The first-order valence-corrected chi connectivity index (χ1v) is 9.81. The second kappa shape index (κ2) is 8.10. The van der Waals surface area contributed by atoms with Crippen molar-refractivity contribution in [3.05, 3.63) is 64.5 Å². The number of carbonyl (C=O) groups excluding carboxylic acids is 1. The molecule has 0 aliphatic carbocycles. The average molecular weight is 482 g/mol. The van der Waals surface area contributed by atoms with Gasteiger partial charge in [0.1, 0.15) is 11.8 Å². The highest BCUT2D eigenvalue weighted by Gasteiger charge is 2.36. The minimum absolute atomic E-state index is 0.0853. The molecule has 1 aliphatic rings. The molecule has 0 bridgehead atoms. The quantitative estimate of drug-likeness (QED) is 0.497. The van der Waals surface area contributed by atoms with E-state index in [0.29, 0.717) is 30.1 Å². The number of hydrogen-bond donors (Lipinski definition) is 0. The van der Waals surface area contributed by atoms with Crippen molar-refractivity contribution < 1.29 is 27.2 Å². The van der Waals surface area contributed by atoms with Gasteiger partial charge in [0.05, 0.1) is 0 Å². The Bertz CT molecular complexity index is 1050. The molecule has 0 N–H and O–H groups in total. The summed E-state index contributed by atoms with van der Waals surface area (Å²) in [5.41, 5.74) is 1.44. The number of nitrogens with zero attached hydrogens (tertiary/aromatic N) is 3. The molecule has 1 atom stereocenters. The summed E-state index contributed by atoms with van der Waals surface area (Å²) in [5, 5.41) is 4.02. The Morgan fingerprint density at radius 3 is 2.67 bits per heavy atom. The average Bonchev–Trinajstić information content (AvgIpc) is 3.30. The predicted molar refractivity (Wildman–Crippen MR) is 103 cm³/mol. The zero-order valence-electron chi connectivity index (χ0n) is 15.4. The number of amides is 1. The predicted octanol–water partition coefficient (Wildman–Crippen LogP) is 5.26. The number of likely N-dealkylation sites (tertiary alicyclic amines) is 1. The Morgan fingerprint density at radius 1 is 1.20 bits per heavy atom. The van der Waals surface area contributed by atoms with Crippen LogP contribution in [0, 0.1) is 0 Å². The van der Waals surface area contributed by atoms with Crippen molar-refractivity contribution >= 4 is 21.8 Å². The summed E-state index contributed by atoms with van der Waals surface area (Å²) in [6.07, 6.45) is -3.90. The van der Waals surface area contributed by atoms with Gasteiger partial charge in [-0.2, -0.15) is 4.98 Å². The molecule has 1 unspecified atom stereocenters. The van der Waals surface area contributed by atoms with Gasteiger partial charge in [0.25, 0.3) is 0 Å². The molecule has 1 amide bonds. The van der Waals surface area contributed by atoms with Crippen molar-refractivity contribution in [1.82, 2.24) is 15.0 Å². The lowest BCUT2D eigenvalue weighted by Gasteiger charge is -2.22. The van der Waals surface area contributed by atoms with Crippen molar-refractivity contribution in [3.63, 3.8) is 0 Å². The minimum atomic E-state index is -4.75. The highest BCUT2D eigenvalue weighted by Crippen LogP contribution is 2.34. The fraction of sp³-hybridized carbons (Fsp3) is 0.250. The van der Waals surface area contributed by atoms with E-state index in [1.165, 1.54) is 24.3 Å². The summed E-state index contributed by atoms with van der Waals surface area (Å²) in [4.78, 5) is 18.4. The highest BCUT2D eigenvalue weighted by molar-refractivity contribution is 9.10. The molecule has 1 aliphatic heterocycles. The van der Waals surface area contributed by atoms with Gasteiger partial charge in [0.15, 0.2) is 0 Å². The second-order valence-electron chi connectivity index (χ2n) is 6.73. The van der Waals surface area contributed by atoms with Crippen molar-refractivity contribution in [2.45, 2.75) is 31.8 Å². The van der Waals surface area contributed by atoms with Crippen LogP contribution in [0.3, 0.4) is 0 Å². The molecule has 0 spiro atoms. The molecule has 2 aromatic carbocycles. The lowest BCUT2D eigenvalue weighted by atomic mass is 10.1. The van der Waals surface area contributed by atoms with E-state index in [9.17, 15) is 18.0 Å². The van der Waals surface area contributed by atoms with Crippen LogP contribution in [0.2, 0.25) is 0 Å². The highest BCUT2D eigenvalue weighted by atomic mass is 79.9. The molecule has 0 radical (unpaired) electrons. The van der Waals surface area contributed by atoms with Crippen LogP contribution in [0.1, 0.15) is 30.3 Å². The molecule has 1 aromatic heterocycles. The number of ether oxygens (including phenoxy) is 1. The van der Waals surface area contributed by atoms with Crippen molar-refractivity contribution in [1.29, 1.82) is 0 Å². The number of hydrogen-bond acceptors (Lipinski definition) is 5. The number of halogens is 4. The molecule has 30 heavy (non-hydrogen) atoms. The van der Waals surface area contributed by atoms with Crippen LogP contribution in [0.5, 0.6) is 5.75 Å². The molecule has 156 valence electrons. The van der Waals surface area contributed by atoms with Crippen LogP contribution >= 0.6 is 15.9 Å². The number of carbonyl (C=O) groups is 1. The van der Waals surface area contributed by atoms with Gasteiger partial charge in [-0.05, 0) is 36.2 Å². The van der Waals surface area contributed by atoms with E-state index in [0.717, 1.165) is 10.0 Å². The summed E-state index contributed by atoms with van der Waals surface area (Å²) in [5.74, 6) is 0.344. The van der Waals surface area contributed by atoms with Crippen LogP contribution in [0.15, 0.2) is 57.5 Å². The maximum absolute atomic E-state index is 12.4. The van der Waals surface area contributed by atoms with Gasteiger partial charge in [-0.15, -0.1) is 13.2 Å². The molecule has 0 saturated carbocycles. The van der Waals surface area contributed by atoms with Crippen molar-refractivity contribution in [2.75, 3.05) is 0 Å². The van der Waals surface area contributed by atoms with Crippen LogP contribution in [-0.4, -0.2) is 27.3 Å². The molecule has 10 heteroatoms. The molecule has 3 aromatic rings. The van der Waals surface area contributed by atoms with Crippen LogP contribution < -0.4 is 4.74 Å². The van der Waals surface area contributed by atoms with Gasteiger partial charge in [0.2, 0.25) is 17.6 Å². The molecule has 1 saturated heterocycles. The van der Waals surface area contributed by atoms with Gasteiger partial charge >= 0.3 is 6.36 Å². The van der Waals surface area contributed by atoms with Crippen LogP contribution in [0.25, 0.3) is 11.4 Å². The summed E-state index contributed by atoms with van der Waals surface area (Å²) in [6, 6.07) is 12.5. The summed E-state index contributed by atoms with van der Waals surface area (Å²) in [6.45, 7) is 0.213. The first-order valence-electron chi connectivity index (χ1n) is 9.02. The lowest BCUT2D eigenvalue weighted by molar-refractivity contribution is -0.274. The summed E-state index contributed by atoms with van der Waals surface area (Å²) >= 11 is 3.40. The Balaban J connectivity index is 1.50. The largest absolute Gasteiger partial charge is 0.573 e. The third-order valence-electron chi connectivity index (χ3n) is 4.65. The van der Waals surface area contributed by atoms with Crippen molar-refractivity contribution in [3.8, 4) is 17.1 Å². The minimum Gasteiger partial charge on any atom is -0.406 e. The zero-order chi connectivity index (χ0) is 21.3. The van der Waals surface area contributed by atoms with Gasteiger partial charge in [0, 0.05) is 23.0 Å². The number of rotatable bonds is 5. The van der Waals surface area contributed by atoms with E-state index in [1.807, 2.05) is 24.3 Å². The zero-order valence-corrected chi connectivity index (χ0v) is 17.0. The second-order valence-corrected chi connectivity index (χ2v) is 7.65. The monoisotopic (exact) mass is 481 g/mol. The summed E-state index contributed by atoms with van der Waals surface area (Å²) < 4.78 is 47.1. The van der Waals surface area contributed by atoms with E-state index in [1.54, 1.807) is 4.90 Å². The molecular weight excluding hydrogens is 467 g/mol. The smallest absolute Gasteiger partial charge is 0.406 e. The van der Waals surface area contributed by atoms with E-state index >= 15 is 0 Å². The van der Waals surface area contributed by atoms with E-state index in [2.05, 4.69) is 30.8 Å². The van der Waals surface area contributed by atoms with E-state index in [-0.39, 0.29) is 18.2 Å². The Hall–Kier alpha value is -2.88. The van der Waals surface area contributed by atoms with Gasteiger partial charge in [-0.3, -0.25) is 4.79 Å². The first kappa shape index (κ1) is 20.4. The van der Waals surface area contributed by atoms with Crippen molar-refractivity contribution in [2.24, 2.45) is 0 Å². The maximum atomic E-state index is 12.4. The van der Waals surface area contributed by atoms with E-state index < -0.39 is 12.4 Å². The maximum Gasteiger partial charge on any atom is 0.573 e. The Kier molecular flexibility index (Phi) is 5.50. The SMILES string of the molecule is O=C1CCC(c2nc(-c3cccc(Br)c3)no2)N1Cc1ccc(OC(F)(F)F)cc1. The molecule has 4 rings (SSSR count). The van der Waals surface area contributed by atoms with E-state index in [4.69, 9.17) is 4.52 Å². The Labute approximate surface area is 177 Å². The van der Waals surface area contributed by atoms with Gasteiger partial charge < -0.3 is 14.2 Å².